The molecule has 5 bridgehead atoms. The number of nitrogens with zero attached hydrogens (tertiary/aromatic N) is 2. The molecule has 3 atom stereocenters. The van der Waals surface area contributed by atoms with E-state index in [2.05, 4.69) is 27.4 Å². The Kier molecular flexibility index (Phi) is 9.98. The maximum atomic E-state index is 13.4. The predicted molar refractivity (Wildman–Crippen MR) is 163 cm³/mol. The molecule has 226 valence electrons. The van der Waals surface area contributed by atoms with Crippen LogP contribution in [-0.4, -0.2) is 64.8 Å². The van der Waals surface area contributed by atoms with E-state index < -0.39 is 29.4 Å². The first-order valence-corrected chi connectivity index (χ1v) is 15.0. The minimum Gasteiger partial charge on any atom is -0.355 e. The molecule has 4 amide bonds. The van der Waals surface area contributed by atoms with Crippen molar-refractivity contribution in [3.05, 3.63) is 47.7 Å². The Morgan fingerprint density at radius 3 is 2.50 bits per heavy atom. The summed E-state index contributed by atoms with van der Waals surface area (Å²) < 4.78 is 0. The zero-order valence-corrected chi connectivity index (χ0v) is 25.3. The molecule has 1 aromatic carbocycles. The molecule has 1 fully saturated rings. The Hall–Kier alpha value is -3.79. The molecule has 2 aromatic rings. The Morgan fingerprint density at radius 2 is 1.74 bits per heavy atom. The van der Waals surface area contributed by atoms with Crippen LogP contribution in [0.5, 0.6) is 0 Å². The van der Waals surface area contributed by atoms with Gasteiger partial charge in [-0.25, -0.2) is 5.43 Å². The molecular weight excluding hydrogens is 532 g/mol. The van der Waals surface area contributed by atoms with Crippen molar-refractivity contribution in [2.75, 3.05) is 13.1 Å². The second kappa shape index (κ2) is 13.5. The summed E-state index contributed by atoms with van der Waals surface area (Å²) in [5.41, 5.74) is 4.93. The number of aryl methyl sites for hydroxylation is 1. The topological polar surface area (TPSA) is 133 Å². The van der Waals surface area contributed by atoms with Crippen LogP contribution in [0.1, 0.15) is 71.6 Å². The van der Waals surface area contributed by atoms with Crippen LogP contribution in [0.3, 0.4) is 0 Å². The molecule has 2 aliphatic heterocycles. The van der Waals surface area contributed by atoms with Crippen LogP contribution in [0.25, 0.3) is 17.0 Å². The number of hydrazine groups is 1. The molecule has 10 heteroatoms. The summed E-state index contributed by atoms with van der Waals surface area (Å²) in [6.07, 6.45) is 7.49. The van der Waals surface area contributed by atoms with Crippen molar-refractivity contribution < 1.29 is 19.2 Å². The van der Waals surface area contributed by atoms with Crippen LogP contribution in [0.15, 0.2) is 36.4 Å². The van der Waals surface area contributed by atoms with Crippen LogP contribution >= 0.6 is 0 Å². The monoisotopic (exact) mass is 576 g/mol. The van der Waals surface area contributed by atoms with E-state index in [1.807, 2.05) is 50.3 Å². The van der Waals surface area contributed by atoms with Gasteiger partial charge in [-0.3, -0.25) is 29.2 Å². The van der Waals surface area contributed by atoms with Crippen molar-refractivity contribution in [2.24, 2.45) is 11.3 Å². The molecule has 0 saturated carbocycles. The third-order valence-electron chi connectivity index (χ3n) is 7.94. The summed E-state index contributed by atoms with van der Waals surface area (Å²) >= 11 is 0. The number of aromatic nitrogens is 1. The van der Waals surface area contributed by atoms with Gasteiger partial charge in [0.1, 0.15) is 18.1 Å². The number of nitrogens with one attached hydrogen (secondary N) is 4. The van der Waals surface area contributed by atoms with Crippen molar-refractivity contribution >= 4 is 40.6 Å². The number of fused-ring (bicyclic) bond motifs is 4. The lowest BCUT2D eigenvalue weighted by molar-refractivity contribution is -0.143. The number of pyridine rings is 1. The standard InChI is InChI=1S/C32H44N6O4/c1-20(2)27-29(40)34-21(3)30(41)38-18-8-10-25(37-38)28(39)33-17-7-6-9-24-14-13-23-12-11-22(19-26(23)35-24)15-16-32(4,5)31(42)36-27/h11-16,19-21,25,27,37H,6-10,17-18H2,1-5H3,(H,33,39)(H,34,40)(H,36,42)/b16-15+. The third kappa shape index (κ3) is 7.73. The smallest absolute Gasteiger partial charge is 0.258 e. The molecule has 3 unspecified atom stereocenters. The second-order valence-electron chi connectivity index (χ2n) is 12.3. The van der Waals surface area contributed by atoms with Crippen LogP contribution in [0.4, 0.5) is 0 Å². The molecular formula is C32H44N6O4. The van der Waals surface area contributed by atoms with Gasteiger partial charge in [-0.2, -0.15) is 0 Å². The van der Waals surface area contributed by atoms with Crippen molar-refractivity contribution in [3.8, 4) is 0 Å². The minimum absolute atomic E-state index is 0.145. The van der Waals surface area contributed by atoms with Crippen LogP contribution in [0.2, 0.25) is 0 Å². The zero-order chi connectivity index (χ0) is 30.4. The number of carbonyl (C=O) groups is 4. The van der Waals surface area contributed by atoms with Gasteiger partial charge in [0.15, 0.2) is 0 Å². The maximum Gasteiger partial charge on any atom is 0.258 e. The summed E-state index contributed by atoms with van der Waals surface area (Å²) in [7, 11) is 0. The Balaban J connectivity index is 1.59. The van der Waals surface area contributed by atoms with Gasteiger partial charge >= 0.3 is 0 Å². The molecule has 10 nitrogen and oxygen atoms in total. The molecule has 1 aromatic heterocycles. The van der Waals surface area contributed by atoms with Crippen LogP contribution < -0.4 is 21.4 Å². The predicted octanol–water partition coefficient (Wildman–Crippen LogP) is 2.87. The first kappa shape index (κ1) is 31.2. The Bertz CT molecular complexity index is 1350. The molecule has 0 aliphatic carbocycles. The highest BCUT2D eigenvalue weighted by Crippen LogP contribution is 2.23. The fourth-order valence-electron chi connectivity index (χ4n) is 5.16. The summed E-state index contributed by atoms with van der Waals surface area (Å²) in [6.45, 7) is 9.89. The van der Waals surface area contributed by atoms with Gasteiger partial charge in [0.05, 0.1) is 10.9 Å². The highest BCUT2D eigenvalue weighted by atomic mass is 16.2. The van der Waals surface area contributed by atoms with Crippen molar-refractivity contribution in [2.45, 2.75) is 84.8 Å². The van der Waals surface area contributed by atoms with E-state index in [0.717, 1.165) is 41.4 Å². The second-order valence-corrected chi connectivity index (χ2v) is 12.3. The van der Waals surface area contributed by atoms with E-state index in [-0.39, 0.29) is 23.6 Å². The first-order valence-electron chi connectivity index (χ1n) is 15.0. The summed E-state index contributed by atoms with van der Waals surface area (Å²) in [6, 6.07) is 7.91. The van der Waals surface area contributed by atoms with Gasteiger partial charge in [-0.05, 0) is 76.5 Å². The van der Waals surface area contributed by atoms with E-state index in [1.165, 1.54) is 5.01 Å². The largest absolute Gasteiger partial charge is 0.355 e. The van der Waals surface area contributed by atoms with Crippen LogP contribution in [0, 0.1) is 11.3 Å². The maximum absolute atomic E-state index is 13.4. The highest BCUT2D eigenvalue weighted by Gasteiger charge is 2.34. The summed E-state index contributed by atoms with van der Waals surface area (Å²) in [5.74, 6) is -1.42. The van der Waals surface area contributed by atoms with E-state index in [1.54, 1.807) is 20.8 Å². The number of amides is 4. The molecule has 42 heavy (non-hydrogen) atoms. The quantitative estimate of drug-likeness (QED) is 0.413. The number of hydrogen-bond acceptors (Lipinski definition) is 6. The molecule has 1 saturated heterocycles. The molecule has 3 heterocycles. The van der Waals surface area contributed by atoms with Crippen molar-refractivity contribution in [1.29, 1.82) is 0 Å². The summed E-state index contributed by atoms with van der Waals surface area (Å²) in [4.78, 5) is 57.5. The van der Waals surface area contributed by atoms with Gasteiger partial charge in [0.2, 0.25) is 17.7 Å². The average molecular weight is 577 g/mol. The average Bonchev–Trinajstić information content (AvgIpc) is 2.97. The number of benzene rings is 1. The van der Waals surface area contributed by atoms with E-state index in [0.29, 0.717) is 25.9 Å². The van der Waals surface area contributed by atoms with Gasteiger partial charge in [-0.1, -0.05) is 44.2 Å². The normalized spacial score (nSPS) is 25.6. The fraction of sp³-hybridized carbons (Fsp3) is 0.531. The van der Waals surface area contributed by atoms with E-state index >= 15 is 0 Å². The fourth-order valence-corrected chi connectivity index (χ4v) is 5.16. The minimum atomic E-state index is -0.903. The summed E-state index contributed by atoms with van der Waals surface area (Å²) in [5, 5.41) is 11.1. The van der Waals surface area contributed by atoms with Crippen LogP contribution in [-0.2, 0) is 25.6 Å². The Morgan fingerprint density at radius 1 is 0.976 bits per heavy atom. The zero-order valence-electron chi connectivity index (χ0n) is 25.3. The van der Waals surface area contributed by atoms with Gasteiger partial charge in [0, 0.05) is 24.2 Å². The Labute approximate surface area is 248 Å². The van der Waals surface area contributed by atoms with Gasteiger partial charge in [-0.15, -0.1) is 0 Å². The van der Waals surface area contributed by atoms with E-state index in [9.17, 15) is 19.2 Å². The lowest BCUT2D eigenvalue weighted by atomic mass is 9.89. The van der Waals surface area contributed by atoms with E-state index in [4.69, 9.17) is 4.98 Å². The highest BCUT2D eigenvalue weighted by molar-refractivity contribution is 5.94. The number of rotatable bonds is 1. The van der Waals surface area contributed by atoms with Crippen molar-refractivity contribution in [3.63, 3.8) is 0 Å². The molecule has 0 radical (unpaired) electrons. The molecule has 4 N–H and O–H groups in total. The first-order chi connectivity index (χ1) is 19.9. The van der Waals surface area contributed by atoms with Crippen molar-refractivity contribution in [1.82, 2.24) is 31.4 Å². The number of hydrogen-bond donors (Lipinski definition) is 4. The number of carbonyl (C=O) groups excluding carboxylic acids is 4. The van der Waals surface area contributed by atoms with Gasteiger partial charge in [0.25, 0.3) is 5.91 Å². The molecule has 4 rings (SSSR count). The molecule has 2 aliphatic rings. The third-order valence-corrected chi connectivity index (χ3v) is 7.94. The molecule has 0 spiro atoms. The SMILES string of the molecule is CC1NC(=O)C(C(C)C)NC(=O)C(C)(C)/C=C/c2ccc3ccc(nc3c2)CCCCNC(=O)C2CCCN(N2)C1=O. The lowest BCUT2D eigenvalue weighted by Gasteiger charge is -2.35. The van der Waals surface area contributed by atoms with Gasteiger partial charge < -0.3 is 16.0 Å². The lowest BCUT2D eigenvalue weighted by Crippen LogP contribution is -2.62.